The lowest BCUT2D eigenvalue weighted by Crippen LogP contribution is -2.40. The fourth-order valence-electron chi connectivity index (χ4n) is 2.76. The van der Waals surface area contributed by atoms with E-state index >= 15 is 0 Å². The number of rotatable bonds is 6. The van der Waals surface area contributed by atoms with Gasteiger partial charge in [0.15, 0.2) is 0 Å². The van der Waals surface area contributed by atoms with Crippen LogP contribution in [0, 0.1) is 0 Å². The van der Waals surface area contributed by atoms with Crippen LogP contribution in [-0.2, 0) is 26.0 Å². The molecule has 2 heterocycles. The predicted molar refractivity (Wildman–Crippen MR) is 102 cm³/mol. The van der Waals surface area contributed by atoms with Crippen LogP contribution in [-0.4, -0.2) is 62.2 Å². The molecular formula is C17H23N3O4S2. The third-order valence-corrected chi connectivity index (χ3v) is 7.26. The number of nitrogens with zero attached hydrogens (tertiary/aromatic N) is 2. The van der Waals surface area contributed by atoms with Gasteiger partial charge < -0.3 is 4.74 Å². The number of nitrogens with one attached hydrogen (secondary N) is 1. The lowest BCUT2D eigenvalue weighted by Gasteiger charge is -2.26. The molecule has 3 rings (SSSR count). The number of hydrazone groups is 1. The van der Waals surface area contributed by atoms with Crippen molar-refractivity contribution in [1.29, 1.82) is 0 Å². The van der Waals surface area contributed by atoms with Gasteiger partial charge in [-0.05, 0) is 36.3 Å². The standard InChI is InChI=1S/C17H23N3O4S2/c21-17(19-18-15-7-12-25-13-15)6-3-14-1-4-16(5-2-14)26(22,23)20-8-10-24-11-9-20/h1-2,4-5H,3,6-13H2,(H,19,21)/b18-15+. The predicted octanol–water partition coefficient (Wildman–Crippen LogP) is 1.25. The Hall–Kier alpha value is -1.42. The molecule has 26 heavy (non-hydrogen) atoms. The summed E-state index contributed by atoms with van der Waals surface area (Å²) in [6.45, 7) is 1.61. The quantitative estimate of drug-likeness (QED) is 0.730. The van der Waals surface area contributed by atoms with E-state index in [1.807, 2.05) is 11.8 Å². The van der Waals surface area contributed by atoms with E-state index in [9.17, 15) is 13.2 Å². The minimum atomic E-state index is -3.47. The minimum Gasteiger partial charge on any atom is -0.379 e. The van der Waals surface area contributed by atoms with Crippen LogP contribution in [0.2, 0.25) is 0 Å². The molecule has 0 atom stereocenters. The number of amides is 1. The molecule has 1 aromatic rings. The van der Waals surface area contributed by atoms with Gasteiger partial charge >= 0.3 is 0 Å². The van der Waals surface area contributed by atoms with Gasteiger partial charge in [-0.1, -0.05) is 12.1 Å². The van der Waals surface area contributed by atoms with Gasteiger partial charge in [-0.2, -0.15) is 21.2 Å². The summed E-state index contributed by atoms with van der Waals surface area (Å²) in [5.41, 5.74) is 4.54. The number of carbonyl (C=O) groups is 1. The topological polar surface area (TPSA) is 88.1 Å². The van der Waals surface area contributed by atoms with E-state index in [2.05, 4.69) is 10.5 Å². The summed E-state index contributed by atoms with van der Waals surface area (Å²) in [6.07, 6.45) is 1.80. The van der Waals surface area contributed by atoms with Crippen molar-refractivity contribution < 1.29 is 17.9 Å². The van der Waals surface area contributed by atoms with E-state index in [-0.39, 0.29) is 10.8 Å². The van der Waals surface area contributed by atoms with Crippen LogP contribution in [0.3, 0.4) is 0 Å². The van der Waals surface area contributed by atoms with Crippen LogP contribution in [0.5, 0.6) is 0 Å². The molecular weight excluding hydrogens is 374 g/mol. The van der Waals surface area contributed by atoms with Gasteiger partial charge in [0.2, 0.25) is 15.9 Å². The van der Waals surface area contributed by atoms with Crippen LogP contribution < -0.4 is 5.43 Å². The minimum absolute atomic E-state index is 0.126. The molecule has 9 heteroatoms. The molecule has 0 aromatic heterocycles. The molecule has 0 saturated carbocycles. The van der Waals surface area contributed by atoms with Crippen molar-refractivity contribution in [3.05, 3.63) is 29.8 Å². The number of morpholine rings is 1. The molecule has 0 unspecified atom stereocenters. The summed E-state index contributed by atoms with van der Waals surface area (Å²) >= 11 is 1.82. The molecule has 2 fully saturated rings. The molecule has 2 aliphatic heterocycles. The maximum Gasteiger partial charge on any atom is 0.243 e. The Kier molecular flexibility index (Phi) is 6.68. The Balaban J connectivity index is 1.52. The molecule has 0 aliphatic carbocycles. The zero-order chi connectivity index (χ0) is 18.4. The summed E-state index contributed by atoms with van der Waals surface area (Å²) in [5, 5.41) is 4.13. The molecule has 0 radical (unpaired) electrons. The zero-order valence-corrected chi connectivity index (χ0v) is 16.2. The van der Waals surface area contributed by atoms with Crippen LogP contribution >= 0.6 is 11.8 Å². The van der Waals surface area contributed by atoms with E-state index in [1.165, 1.54) is 4.31 Å². The second-order valence-electron chi connectivity index (χ2n) is 6.18. The molecule has 1 amide bonds. The molecule has 2 saturated heterocycles. The first-order valence-electron chi connectivity index (χ1n) is 8.64. The molecule has 142 valence electrons. The number of ether oxygens (including phenoxy) is 1. The van der Waals surface area contributed by atoms with Crippen molar-refractivity contribution >= 4 is 33.4 Å². The molecule has 7 nitrogen and oxygen atoms in total. The third-order valence-electron chi connectivity index (χ3n) is 4.31. The van der Waals surface area contributed by atoms with Gasteiger partial charge in [0.1, 0.15) is 0 Å². The van der Waals surface area contributed by atoms with E-state index in [0.29, 0.717) is 39.1 Å². The zero-order valence-electron chi connectivity index (χ0n) is 14.5. The van der Waals surface area contributed by atoms with Gasteiger partial charge in [0, 0.05) is 31.0 Å². The van der Waals surface area contributed by atoms with Gasteiger partial charge in [0.25, 0.3) is 0 Å². The van der Waals surface area contributed by atoms with Crippen molar-refractivity contribution in [2.75, 3.05) is 37.8 Å². The van der Waals surface area contributed by atoms with Gasteiger partial charge in [-0.25, -0.2) is 13.8 Å². The van der Waals surface area contributed by atoms with Crippen LogP contribution in [0.15, 0.2) is 34.3 Å². The number of benzene rings is 1. The number of sulfonamides is 1. The second kappa shape index (κ2) is 8.98. The number of hydrogen-bond acceptors (Lipinski definition) is 6. The van der Waals surface area contributed by atoms with Crippen LogP contribution in [0.25, 0.3) is 0 Å². The monoisotopic (exact) mass is 397 g/mol. The van der Waals surface area contributed by atoms with Crippen LogP contribution in [0.1, 0.15) is 18.4 Å². The fourth-order valence-corrected chi connectivity index (χ4v) is 5.14. The van der Waals surface area contributed by atoms with Crippen molar-refractivity contribution in [2.24, 2.45) is 5.10 Å². The highest BCUT2D eigenvalue weighted by Gasteiger charge is 2.26. The summed E-state index contributed by atoms with van der Waals surface area (Å²) in [4.78, 5) is 12.1. The molecule has 1 N–H and O–H groups in total. The van der Waals surface area contributed by atoms with E-state index in [1.54, 1.807) is 24.3 Å². The SMILES string of the molecule is O=C(CCc1ccc(S(=O)(=O)N2CCOCC2)cc1)N/N=C1\CCSC1. The summed E-state index contributed by atoms with van der Waals surface area (Å²) < 4.78 is 31.8. The summed E-state index contributed by atoms with van der Waals surface area (Å²) in [5.74, 6) is 1.83. The average Bonchev–Trinajstić information content (AvgIpc) is 3.19. The Morgan fingerprint density at radius 1 is 1.23 bits per heavy atom. The molecule has 1 aromatic carbocycles. The molecule has 2 aliphatic rings. The van der Waals surface area contributed by atoms with Crippen molar-refractivity contribution in [1.82, 2.24) is 9.73 Å². The largest absolute Gasteiger partial charge is 0.379 e. The second-order valence-corrected chi connectivity index (χ2v) is 9.22. The summed E-state index contributed by atoms with van der Waals surface area (Å²) in [6, 6.07) is 6.74. The first-order chi connectivity index (χ1) is 12.6. The van der Waals surface area contributed by atoms with Gasteiger partial charge in [0.05, 0.1) is 18.1 Å². The first kappa shape index (κ1) is 19.3. The highest BCUT2D eigenvalue weighted by atomic mass is 32.2. The Bertz CT molecular complexity index is 749. The van der Waals surface area contributed by atoms with Crippen molar-refractivity contribution in [2.45, 2.75) is 24.2 Å². The van der Waals surface area contributed by atoms with E-state index < -0.39 is 10.0 Å². The first-order valence-corrected chi connectivity index (χ1v) is 11.2. The Morgan fingerprint density at radius 2 is 1.96 bits per heavy atom. The highest BCUT2D eigenvalue weighted by molar-refractivity contribution is 8.00. The lowest BCUT2D eigenvalue weighted by atomic mass is 10.1. The normalized spacial score (nSPS) is 20.4. The van der Waals surface area contributed by atoms with Gasteiger partial charge in [-0.3, -0.25) is 4.79 Å². The van der Waals surface area contributed by atoms with Crippen molar-refractivity contribution in [3.8, 4) is 0 Å². The Morgan fingerprint density at radius 3 is 2.62 bits per heavy atom. The van der Waals surface area contributed by atoms with Crippen molar-refractivity contribution in [3.63, 3.8) is 0 Å². The average molecular weight is 398 g/mol. The maximum absolute atomic E-state index is 12.6. The molecule has 0 bridgehead atoms. The smallest absolute Gasteiger partial charge is 0.243 e. The maximum atomic E-state index is 12.6. The van der Waals surface area contributed by atoms with Crippen LogP contribution in [0.4, 0.5) is 0 Å². The Labute approximate surface area is 158 Å². The molecule has 0 spiro atoms. The number of hydrogen-bond donors (Lipinski definition) is 1. The fraction of sp³-hybridized carbons (Fsp3) is 0.529. The number of aryl methyl sites for hydroxylation is 1. The summed E-state index contributed by atoms with van der Waals surface area (Å²) in [7, 11) is -3.47. The van der Waals surface area contributed by atoms with E-state index in [4.69, 9.17) is 4.74 Å². The number of thioether (sulfide) groups is 1. The lowest BCUT2D eigenvalue weighted by molar-refractivity contribution is -0.121. The van der Waals surface area contributed by atoms with E-state index in [0.717, 1.165) is 29.2 Å². The third kappa shape index (κ3) is 5.06. The highest BCUT2D eigenvalue weighted by Crippen LogP contribution is 2.18. The number of carbonyl (C=O) groups excluding carboxylic acids is 1. The van der Waals surface area contributed by atoms with Gasteiger partial charge in [-0.15, -0.1) is 0 Å².